The van der Waals surface area contributed by atoms with Crippen molar-refractivity contribution in [1.29, 1.82) is 0 Å². The molecule has 86 valence electrons. The number of benzene rings is 1. The van der Waals surface area contributed by atoms with Crippen molar-refractivity contribution < 1.29 is 0 Å². The van der Waals surface area contributed by atoms with Crippen molar-refractivity contribution in [1.82, 2.24) is 4.98 Å². The van der Waals surface area contributed by atoms with E-state index < -0.39 is 0 Å². The van der Waals surface area contributed by atoms with E-state index >= 15 is 0 Å². The van der Waals surface area contributed by atoms with Crippen molar-refractivity contribution >= 4 is 37.5 Å². The van der Waals surface area contributed by atoms with E-state index in [1.54, 1.807) is 11.3 Å². The van der Waals surface area contributed by atoms with Gasteiger partial charge >= 0.3 is 0 Å². The number of rotatable bonds is 3. The highest BCUT2D eigenvalue weighted by atomic mass is 79.9. The number of thiazole rings is 1. The summed E-state index contributed by atoms with van der Waals surface area (Å²) in [7, 11) is 0. The zero-order chi connectivity index (χ0) is 11.8. The van der Waals surface area contributed by atoms with Gasteiger partial charge in [-0.25, -0.2) is 4.98 Å². The van der Waals surface area contributed by atoms with E-state index in [-0.39, 0.29) is 5.54 Å². The highest BCUT2D eigenvalue weighted by Gasteiger charge is 2.26. The largest absolute Gasteiger partial charge is 0.319 e. The second-order valence-electron chi connectivity index (χ2n) is 3.99. The lowest BCUT2D eigenvalue weighted by Gasteiger charge is -2.23. The van der Waals surface area contributed by atoms with E-state index in [1.165, 1.54) is 4.70 Å². The van der Waals surface area contributed by atoms with Crippen LogP contribution in [0.2, 0.25) is 0 Å². The molecule has 2 aromatic rings. The normalized spacial score (nSPS) is 12.2. The third-order valence-corrected chi connectivity index (χ3v) is 4.79. The Kier molecular flexibility index (Phi) is 3.33. The zero-order valence-corrected chi connectivity index (χ0v) is 11.9. The average Bonchev–Trinajstić information content (AvgIpc) is 2.71. The Bertz CT molecular complexity index is 503. The summed E-state index contributed by atoms with van der Waals surface area (Å²) in [5.74, 6) is 0. The SMILES string of the molecule is CCC(N)(CC)c1nc2cc(Br)ccc2s1. The van der Waals surface area contributed by atoms with Gasteiger partial charge in [0.05, 0.1) is 15.8 Å². The van der Waals surface area contributed by atoms with Gasteiger partial charge in [-0.05, 0) is 31.0 Å². The molecular formula is C12H15BrN2S. The summed E-state index contributed by atoms with van der Waals surface area (Å²) in [6.07, 6.45) is 1.84. The minimum atomic E-state index is -0.268. The molecule has 0 saturated carbocycles. The maximum atomic E-state index is 6.36. The van der Waals surface area contributed by atoms with E-state index in [4.69, 9.17) is 5.73 Å². The second kappa shape index (κ2) is 4.43. The lowest BCUT2D eigenvalue weighted by molar-refractivity contribution is 0.411. The smallest absolute Gasteiger partial charge is 0.114 e. The number of aromatic nitrogens is 1. The lowest BCUT2D eigenvalue weighted by Crippen LogP contribution is -2.34. The van der Waals surface area contributed by atoms with E-state index in [9.17, 15) is 0 Å². The molecule has 2 N–H and O–H groups in total. The van der Waals surface area contributed by atoms with Gasteiger partial charge in [-0.1, -0.05) is 29.8 Å². The molecule has 0 spiro atoms. The number of halogens is 1. The van der Waals surface area contributed by atoms with Gasteiger partial charge in [0.2, 0.25) is 0 Å². The van der Waals surface area contributed by atoms with Gasteiger partial charge < -0.3 is 5.73 Å². The molecule has 0 fully saturated rings. The van der Waals surface area contributed by atoms with E-state index in [0.29, 0.717) is 0 Å². The maximum Gasteiger partial charge on any atom is 0.114 e. The van der Waals surface area contributed by atoms with Gasteiger partial charge in [-0.2, -0.15) is 0 Å². The standard InChI is InChI=1S/C12H15BrN2S/c1-3-12(14,4-2)11-15-9-7-8(13)5-6-10(9)16-11/h5-7H,3-4,14H2,1-2H3. The van der Waals surface area contributed by atoms with Gasteiger partial charge in [0.25, 0.3) is 0 Å². The van der Waals surface area contributed by atoms with Crippen LogP contribution in [0.3, 0.4) is 0 Å². The summed E-state index contributed by atoms with van der Waals surface area (Å²) in [4.78, 5) is 4.65. The molecule has 0 aliphatic carbocycles. The van der Waals surface area contributed by atoms with Gasteiger partial charge in [-0.15, -0.1) is 11.3 Å². The number of nitrogens with two attached hydrogens (primary N) is 1. The van der Waals surface area contributed by atoms with Crippen LogP contribution >= 0.6 is 27.3 Å². The molecule has 1 aromatic carbocycles. The Labute approximate surface area is 108 Å². The summed E-state index contributed by atoms with van der Waals surface area (Å²) in [5.41, 5.74) is 7.12. The highest BCUT2D eigenvalue weighted by Crippen LogP contribution is 2.33. The van der Waals surface area contributed by atoms with Crippen LogP contribution in [0.4, 0.5) is 0 Å². The lowest BCUT2D eigenvalue weighted by atomic mass is 9.95. The molecule has 1 heterocycles. The molecule has 4 heteroatoms. The first-order valence-electron chi connectivity index (χ1n) is 5.44. The van der Waals surface area contributed by atoms with E-state index in [0.717, 1.165) is 27.8 Å². The van der Waals surface area contributed by atoms with Crippen LogP contribution < -0.4 is 5.73 Å². The monoisotopic (exact) mass is 298 g/mol. The first-order chi connectivity index (χ1) is 7.59. The van der Waals surface area contributed by atoms with Crippen LogP contribution in [0.1, 0.15) is 31.7 Å². The Morgan fingerprint density at radius 2 is 2.06 bits per heavy atom. The quantitative estimate of drug-likeness (QED) is 0.929. The van der Waals surface area contributed by atoms with Gasteiger partial charge in [-0.3, -0.25) is 0 Å². The first kappa shape index (κ1) is 12.0. The van der Waals surface area contributed by atoms with Crippen LogP contribution in [-0.2, 0) is 5.54 Å². The predicted octanol–water partition coefficient (Wildman–Crippen LogP) is 4.03. The summed E-state index contributed by atoms with van der Waals surface area (Å²) >= 11 is 5.16. The minimum absolute atomic E-state index is 0.268. The minimum Gasteiger partial charge on any atom is -0.319 e. The zero-order valence-electron chi connectivity index (χ0n) is 9.46. The predicted molar refractivity (Wildman–Crippen MR) is 73.8 cm³/mol. The molecule has 0 atom stereocenters. The third kappa shape index (κ3) is 2.01. The number of nitrogens with zero attached hydrogens (tertiary/aromatic N) is 1. The molecule has 0 aliphatic heterocycles. The summed E-state index contributed by atoms with van der Waals surface area (Å²) in [5, 5.41) is 1.05. The van der Waals surface area contributed by atoms with Crippen LogP contribution in [0, 0.1) is 0 Å². The molecule has 2 nitrogen and oxygen atoms in total. The van der Waals surface area contributed by atoms with Crippen molar-refractivity contribution in [3.05, 3.63) is 27.7 Å². The second-order valence-corrected chi connectivity index (χ2v) is 5.94. The Balaban J connectivity index is 2.54. The Morgan fingerprint density at radius 3 is 2.69 bits per heavy atom. The molecular weight excluding hydrogens is 284 g/mol. The van der Waals surface area contributed by atoms with E-state index in [1.807, 2.05) is 12.1 Å². The summed E-state index contributed by atoms with van der Waals surface area (Å²) in [6.45, 7) is 4.23. The molecule has 0 saturated heterocycles. The number of fused-ring (bicyclic) bond motifs is 1. The van der Waals surface area contributed by atoms with Crippen molar-refractivity contribution in [3.63, 3.8) is 0 Å². The fourth-order valence-corrected chi connectivity index (χ4v) is 3.20. The van der Waals surface area contributed by atoms with Gasteiger partial charge in [0.15, 0.2) is 0 Å². The fourth-order valence-electron chi connectivity index (χ4n) is 1.67. The molecule has 0 radical (unpaired) electrons. The highest BCUT2D eigenvalue weighted by molar-refractivity contribution is 9.10. The topological polar surface area (TPSA) is 38.9 Å². The Morgan fingerprint density at radius 1 is 1.38 bits per heavy atom. The molecule has 16 heavy (non-hydrogen) atoms. The van der Waals surface area contributed by atoms with Crippen LogP contribution in [0.5, 0.6) is 0 Å². The fraction of sp³-hybridized carbons (Fsp3) is 0.417. The average molecular weight is 299 g/mol. The maximum absolute atomic E-state index is 6.36. The molecule has 2 rings (SSSR count). The molecule has 0 bridgehead atoms. The van der Waals surface area contributed by atoms with Crippen molar-refractivity contribution in [2.24, 2.45) is 5.73 Å². The number of hydrogen-bond donors (Lipinski definition) is 1. The molecule has 1 aromatic heterocycles. The van der Waals surface area contributed by atoms with Crippen LogP contribution in [-0.4, -0.2) is 4.98 Å². The molecule has 0 aliphatic rings. The van der Waals surface area contributed by atoms with Crippen molar-refractivity contribution in [3.8, 4) is 0 Å². The van der Waals surface area contributed by atoms with Gasteiger partial charge in [0, 0.05) is 4.47 Å². The van der Waals surface area contributed by atoms with E-state index in [2.05, 4.69) is 40.8 Å². The molecule has 0 unspecified atom stereocenters. The van der Waals surface area contributed by atoms with Crippen molar-refractivity contribution in [2.75, 3.05) is 0 Å². The summed E-state index contributed by atoms with van der Waals surface area (Å²) < 4.78 is 2.27. The first-order valence-corrected chi connectivity index (χ1v) is 7.05. The summed E-state index contributed by atoms with van der Waals surface area (Å²) in [6, 6.07) is 6.17. The third-order valence-electron chi connectivity index (χ3n) is 3.04. The Hall–Kier alpha value is -0.450. The van der Waals surface area contributed by atoms with Crippen LogP contribution in [0.25, 0.3) is 10.2 Å². The van der Waals surface area contributed by atoms with Crippen LogP contribution in [0.15, 0.2) is 22.7 Å². The van der Waals surface area contributed by atoms with Gasteiger partial charge in [0.1, 0.15) is 5.01 Å². The van der Waals surface area contributed by atoms with Crippen molar-refractivity contribution in [2.45, 2.75) is 32.2 Å². The molecule has 0 amide bonds. The number of hydrogen-bond acceptors (Lipinski definition) is 3.